The molecule has 116 valence electrons. The Labute approximate surface area is 118 Å². The van der Waals surface area contributed by atoms with Crippen LogP contribution >= 0.6 is 0 Å². The Kier molecular flexibility index (Phi) is 5.57. The average Bonchev–Trinajstić information content (AvgIpc) is 2.37. The number of amides is 1. The van der Waals surface area contributed by atoms with Crippen molar-refractivity contribution in [2.45, 2.75) is 19.5 Å². The highest BCUT2D eigenvalue weighted by Gasteiger charge is 2.31. The first kappa shape index (κ1) is 16.8. The number of aryl methyl sites for hydroxylation is 1. The standard InChI is InChI=1S/C13H14F3NO4/c1-9-2-4-10(5-3-9)17(7-6-11(18)19)12(20)21-8-13(14,15)16/h2-5H,6-8H2,1H3,(H,18,19). The number of carboxylic acid groups (broad SMARTS) is 1. The average molecular weight is 305 g/mol. The van der Waals surface area contributed by atoms with E-state index in [1.54, 1.807) is 19.1 Å². The van der Waals surface area contributed by atoms with Crippen molar-refractivity contribution in [2.24, 2.45) is 0 Å². The fourth-order valence-corrected chi connectivity index (χ4v) is 1.48. The van der Waals surface area contributed by atoms with E-state index >= 15 is 0 Å². The van der Waals surface area contributed by atoms with E-state index in [2.05, 4.69) is 4.74 Å². The lowest BCUT2D eigenvalue weighted by atomic mass is 10.2. The molecule has 0 aromatic heterocycles. The van der Waals surface area contributed by atoms with E-state index in [-0.39, 0.29) is 12.2 Å². The van der Waals surface area contributed by atoms with Crippen LogP contribution in [0.3, 0.4) is 0 Å². The molecule has 0 aliphatic rings. The maximum atomic E-state index is 12.1. The molecule has 0 saturated carbocycles. The van der Waals surface area contributed by atoms with Gasteiger partial charge in [0.25, 0.3) is 0 Å². The lowest BCUT2D eigenvalue weighted by Crippen LogP contribution is -2.35. The molecule has 5 nitrogen and oxygen atoms in total. The third-order valence-corrected chi connectivity index (χ3v) is 2.47. The predicted octanol–water partition coefficient (Wildman–Crippen LogP) is 2.98. The molecule has 1 amide bonds. The lowest BCUT2D eigenvalue weighted by molar-refractivity contribution is -0.159. The molecule has 8 heteroatoms. The highest BCUT2D eigenvalue weighted by Crippen LogP contribution is 2.19. The largest absolute Gasteiger partial charge is 0.481 e. The van der Waals surface area contributed by atoms with Crippen molar-refractivity contribution >= 4 is 17.7 Å². The maximum absolute atomic E-state index is 12.1. The molecule has 1 rings (SSSR count). The summed E-state index contributed by atoms with van der Waals surface area (Å²) in [5.74, 6) is -1.17. The molecule has 0 atom stereocenters. The summed E-state index contributed by atoms with van der Waals surface area (Å²) in [6.07, 6.45) is -6.28. The first-order chi connectivity index (χ1) is 9.69. The number of halogens is 3. The van der Waals surface area contributed by atoms with E-state index in [4.69, 9.17) is 5.11 Å². The van der Waals surface area contributed by atoms with Crippen molar-refractivity contribution < 1.29 is 32.6 Å². The Bertz CT molecular complexity index is 499. The number of ether oxygens (including phenoxy) is 1. The van der Waals surface area contributed by atoms with Crippen LogP contribution in [0, 0.1) is 6.92 Å². The normalized spacial score (nSPS) is 11.0. The van der Waals surface area contributed by atoms with Gasteiger partial charge < -0.3 is 9.84 Å². The fraction of sp³-hybridized carbons (Fsp3) is 0.385. The number of nitrogens with zero attached hydrogens (tertiary/aromatic N) is 1. The van der Waals surface area contributed by atoms with Gasteiger partial charge in [-0.3, -0.25) is 9.69 Å². The molecule has 0 aliphatic carbocycles. The van der Waals surface area contributed by atoms with Gasteiger partial charge in [-0.2, -0.15) is 13.2 Å². The van der Waals surface area contributed by atoms with Crippen LogP contribution in [-0.2, 0) is 9.53 Å². The number of rotatable bonds is 5. The van der Waals surface area contributed by atoms with Crippen LogP contribution in [0.1, 0.15) is 12.0 Å². The number of carbonyl (C=O) groups is 2. The molecule has 0 fully saturated rings. The van der Waals surface area contributed by atoms with E-state index in [1.165, 1.54) is 12.1 Å². The molecule has 0 spiro atoms. The van der Waals surface area contributed by atoms with Gasteiger partial charge in [-0.1, -0.05) is 17.7 Å². The van der Waals surface area contributed by atoms with Crippen LogP contribution in [0.2, 0.25) is 0 Å². The molecule has 1 aromatic carbocycles. The number of benzene rings is 1. The van der Waals surface area contributed by atoms with Crippen LogP contribution < -0.4 is 4.90 Å². The third-order valence-electron chi connectivity index (χ3n) is 2.47. The molecule has 0 bridgehead atoms. The van der Waals surface area contributed by atoms with E-state index in [0.717, 1.165) is 10.5 Å². The van der Waals surface area contributed by atoms with Crippen LogP contribution in [0.25, 0.3) is 0 Å². The minimum Gasteiger partial charge on any atom is -0.481 e. The Morgan fingerprint density at radius 2 is 1.81 bits per heavy atom. The first-order valence-corrected chi connectivity index (χ1v) is 5.98. The number of anilines is 1. The van der Waals surface area contributed by atoms with Gasteiger partial charge in [0.1, 0.15) is 0 Å². The summed E-state index contributed by atoms with van der Waals surface area (Å²) < 4.78 is 40.3. The van der Waals surface area contributed by atoms with E-state index in [1.807, 2.05) is 0 Å². The Morgan fingerprint density at radius 1 is 1.24 bits per heavy atom. The van der Waals surface area contributed by atoms with Gasteiger partial charge in [0.05, 0.1) is 6.42 Å². The van der Waals surface area contributed by atoms with Crippen LogP contribution in [-0.4, -0.2) is 36.5 Å². The van der Waals surface area contributed by atoms with Gasteiger partial charge in [-0.25, -0.2) is 4.79 Å². The summed E-state index contributed by atoms with van der Waals surface area (Å²) in [4.78, 5) is 23.1. The first-order valence-electron chi connectivity index (χ1n) is 5.98. The fourth-order valence-electron chi connectivity index (χ4n) is 1.48. The zero-order chi connectivity index (χ0) is 16.0. The van der Waals surface area contributed by atoms with Gasteiger partial charge in [0.2, 0.25) is 0 Å². The molecule has 21 heavy (non-hydrogen) atoms. The second-order valence-electron chi connectivity index (χ2n) is 4.30. The van der Waals surface area contributed by atoms with E-state index in [0.29, 0.717) is 0 Å². The van der Waals surface area contributed by atoms with Crippen molar-refractivity contribution in [3.05, 3.63) is 29.8 Å². The number of carboxylic acids is 1. The minimum absolute atomic E-state index is 0.272. The number of alkyl halides is 3. The monoisotopic (exact) mass is 305 g/mol. The lowest BCUT2D eigenvalue weighted by Gasteiger charge is -2.22. The summed E-state index contributed by atoms with van der Waals surface area (Å²) in [5, 5.41) is 8.64. The van der Waals surface area contributed by atoms with Crippen molar-refractivity contribution in [3.63, 3.8) is 0 Å². The van der Waals surface area contributed by atoms with Gasteiger partial charge in [0, 0.05) is 12.2 Å². The van der Waals surface area contributed by atoms with Crippen molar-refractivity contribution in [3.8, 4) is 0 Å². The molecule has 1 aromatic rings. The highest BCUT2D eigenvalue weighted by atomic mass is 19.4. The summed E-state index contributed by atoms with van der Waals surface area (Å²) in [6.45, 7) is -0.205. The highest BCUT2D eigenvalue weighted by molar-refractivity contribution is 5.88. The Morgan fingerprint density at radius 3 is 2.29 bits per heavy atom. The molecule has 0 unspecified atom stereocenters. The van der Waals surface area contributed by atoms with Gasteiger partial charge >= 0.3 is 18.2 Å². The summed E-state index contributed by atoms with van der Waals surface area (Å²) in [7, 11) is 0. The minimum atomic E-state index is -4.64. The molecular formula is C13H14F3NO4. The summed E-state index contributed by atoms with van der Waals surface area (Å²) in [5.41, 5.74) is 1.16. The molecule has 0 saturated heterocycles. The summed E-state index contributed by atoms with van der Waals surface area (Å²) in [6, 6.07) is 6.32. The number of aliphatic carboxylic acids is 1. The van der Waals surface area contributed by atoms with Gasteiger partial charge in [0.15, 0.2) is 6.61 Å². The zero-order valence-corrected chi connectivity index (χ0v) is 11.2. The molecule has 0 radical (unpaired) electrons. The van der Waals surface area contributed by atoms with Gasteiger partial charge in [-0.05, 0) is 19.1 Å². The molecule has 1 N–H and O–H groups in total. The predicted molar refractivity (Wildman–Crippen MR) is 68.2 cm³/mol. The van der Waals surface area contributed by atoms with Crippen LogP contribution in [0.4, 0.5) is 23.7 Å². The zero-order valence-electron chi connectivity index (χ0n) is 11.2. The molecular weight excluding hydrogens is 291 g/mol. The summed E-state index contributed by atoms with van der Waals surface area (Å²) >= 11 is 0. The number of hydrogen-bond donors (Lipinski definition) is 1. The second kappa shape index (κ2) is 6.96. The smallest absolute Gasteiger partial charge is 0.422 e. The quantitative estimate of drug-likeness (QED) is 0.908. The molecule has 0 aliphatic heterocycles. The number of hydrogen-bond acceptors (Lipinski definition) is 3. The third kappa shape index (κ3) is 6.15. The van der Waals surface area contributed by atoms with E-state index < -0.39 is 31.3 Å². The Balaban J connectivity index is 2.83. The van der Waals surface area contributed by atoms with Crippen LogP contribution in [0.5, 0.6) is 0 Å². The molecule has 0 heterocycles. The number of carbonyl (C=O) groups excluding carboxylic acids is 1. The van der Waals surface area contributed by atoms with Gasteiger partial charge in [-0.15, -0.1) is 0 Å². The van der Waals surface area contributed by atoms with Crippen molar-refractivity contribution in [1.82, 2.24) is 0 Å². The van der Waals surface area contributed by atoms with E-state index in [9.17, 15) is 22.8 Å². The maximum Gasteiger partial charge on any atom is 0.422 e. The van der Waals surface area contributed by atoms with Crippen molar-refractivity contribution in [2.75, 3.05) is 18.1 Å². The topological polar surface area (TPSA) is 66.8 Å². The van der Waals surface area contributed by atoms with Crippen molar-refractivity contribution in [1.29, 1.82) is 0 Å². The SMILES string of the molecule is Cc1ccc(N(CCC(=O)O)C(=O)OCC(F)(F)F)cc1. The Hall–Kier alpha value is -2.25. The van der Waals surface area contributed by atoms with Crippen LogP contribution in [0.15, 0.2) is 24.3 Å². The second-order valence-corrected chi connectivity index (χ2v) is 4.30.